The number of nitrogens with zero attached hydrogens (tertiary/aromatic N) is 5. The van der Waals surface area contributed by atoms with Crippen molar-refractivity contribution < 1.29 is 62.6 Å². The van der Waals surface area contributed by atoms with Gasteiger partial charge in [-0.2, -0.15) is 0 Å². The van der Waals surface area contributed by atoms with Crippen LogP contribution >= 0.6 is 0 Å². The van der Waals surface area contributed by atoms with Gasteiger partial charge in [0.25, 0.3) is 0 Å². The van der Waals surface area contributed by atoms with Crippen LogP contribution in [0.1, 0.15) is 157 Å². The van der Waals surface area contributed by atoms with Crippen molar-refractivity contribution in [1.82, 2.24) is 57.2 Å². The Morgan fingerprint density at radius 1 is 0.536 bits per heavy atom. The SMILES string of the molecule is CC(C)C[C@H](NC(=O)[C@H](CO)NC(=O)[C@@H](N)C(C)C)C(=O)N[C@@H](C)C(=O)N[C@@H](CCCN=C(N)N)C(=O)N[C@@H](CCCN=C(N)N)C(=O)N1CCC[C@H]1C(=O)N[C@@H](CC(C)C)C(=O)N1CCC[C@H]1C(=O)N1CCCC[C@H]1C(=O)NCCCC(=O)N[C@H](CC(N)=O)Cc1ccccc1. The molecule has 1 aromatic carbocycles. The minimum absolute atomic E-state index is 0.0356. The van der Waals surface area contributed by atoms with Gasteiger partial charge in [0, 0.05) is 58.2 Å². The number of primary amides is 1. The van der Waals surface area contributed by atoms with Gasteiger partial charge in [0.15, 0.2) is 11.9 Å². The average Bonchev–Trinajstić information content (AvgIpc) is 1.75. The molecule has 3 aliphatic rings. The van der Waals surface area contributed by atoms with E-state index in [0.29, 0.717) is 44.9 Å². The number of aliphatic imine (C=N–C) groups is 2. The number of guanidine groups is 2. The fraction of sp³-hybridized carbons (Fsp3) is 0.692. The number of hydrogen-bond donors (Lipinski definition) is 15. The summed E-state index contributed by atoms with van der Waals surface area (Å²) in [4.78, 5) is 178. The van der Waals surface area contributed by atoms with Crippen molar-refractivity contribution in [1.29, 1.82) is 0 Å². The molecule has 3 aliphatic heterocycles. The predicted molar refractivity (Wildman–Crippen MR) is 363 cm³/mol. The number of nitrogens with two attached hydrogens (primary N) is 6. The van der Waals surface area contributed by atoms with Crippen molar-refractivity contribution in [2.45, 2.75) is 224 Å². The van der Waals surface area contributed by atoms with E-state index in [-0.39, 0.29) is 145 Å². The number of aliphatic hydroxyl groups is 1. The predicted octanol–water partition coefficient (Wildman–Crippen LogP) is -3.05. The minimum atomic E-state index is -1.45. The van der Waals surface area contributed by atoms with E-state index in [1.54, 1.807) is 27.7 Å². The fourth-order valence-electron chi connectivity index (χ4n) is 12.0. The summed E-state index contributed by atoms with van der Waals surface area (Å²) in [6.07, 6.45) is 4.20. The maximum Gasteiger partial charge on any atom is 0.246 e. The third-order valence-corrected chi connectivity index (χ3v) is 17.2. The van der Waals surface area contributed by atoms with Gasteiger partial charge in [0.05, 0.1) is 12.6 Å². The molecule has 32 heteroatoms. The lowest BCUT2D eigenvalue weighted by atomic mass is 9.98. The Kier molecular flexibility index (Phi) is 33.9. The molecule has 0 aliphatic carbocycles. The molecule has 0 unspecified atom stereocenters. The normalized spacial score (nSPS) is 18.6. The Morgan fingerprint density at radius 2 is 1.04 bits per heavy atom. The molecule has 0 spiro atoms. The minimum Gasteiger partial charge on any atom is -0.394 e. The molecule has 1 aromatic rings. The Morgan fingerprint density at radius 3 is 1.63 bits per heavy atom. The molecule has 4 rings (SSSR count). The van der Waals surface area contributed by atoms with E-state index in [9.17, 15) is 62.6 Å². The highest BCUT2D eigenvalue weighted by molar-refractivity contribution is 5.99. The zero-order valence-corrected chi connectivity index (χ0v) is 57.5. The number of nitrogens with one attached hydrogen (secondary N) is 8. The molecule has 11 atom stereocenters. The van der Waals surface area contributed by atoms with Crippen LogP contribution in [0.4, 0.5) is 0 Å². The van der Waals surface area contributed by atoms with Gasteiger partial charge in [-0.05, 0) is 127 Å². The molecular weight excluding hydrogens is 1250 g/mol. The summed E-state index contributed by atoms with van der Waals surface area (Å²) >= 11 is 0. The highest BCUT2D eigenvalue weighted by Crippen LogP contribution is 2.27. The van der Waals surface area contributed by atoms with E-state index in [4.69, 9.17) is 34.4 Å². The molecular formula is C65H109N19O13. The topological polar surface area (TPSA) is 512 Å². The van der Waals surface area contributed by atoms with Crippen molar-refractivity contribution in [3.05, 3.63) is 35.9 Å². The van der Waals surface area contributed by atoms with Crippen molar-refractivity contribution in [2.75, 3.05) is 45.9 Å². The molecule has 12 amide bonds. The zero-order chi connectivity index (χ0) is 72.1. The van der Waals surface area contributed by atoms with E-state index in [1.807, 2.05) is 44.2 Å². The Bertz CT molecular complexity index is 2890. The van der Waals surface area contributed by atoms with Gasteiger partial charge in [0.1, 0.15) is 54.4 Å². The van der Waals surface area contributed by atoms with Crippen LogP contribution in [0.5, 0.6) is 0 Å². The second-order valence-corrected chi connectivity index (χ2v) is 26.6. The maximum atomic E-state index is 14.9. The standard InChI is InChI=1S/C65H109N19O13/c1-37(2)32-45(79-57(91)47(36-85)81-60(94)53(67)39(5)6)56(90)75-40(7)54(88)77-43(20-13-27-73-64(68)69)55(89)78-44(21-14-28-74-65(70)71)61(95)82-30-16-23-49(82)59(93)80-46(33-38(3)4)62(96)84-31-17-24-50(84)63(97)83-29-12-11-22-48(83)58(92)72-26-15-25-52(87)76-42(35-51(66)86)34-41-18-9-8-10-19-41/h8-10,18-19,37-40,42-50,53,85H,11-17,20-36,67H2,1-7H3,(H2,66,86)(H,72,92)(H,75,90)(H,76,87)(H,77,88)(H,78,89)(H,79,91)(H,80,93)(H,81,94)(H4,68,69,73)(H4,70,71,74)/t40-,42-,43-,44-,45-,46-,47-,48-,49-,50-,53-/m0/s1. The average molecular weight is 1360 g/mol. The van der Waals surface area contributed by atoms with Crippen LogP contribution < -0.4 is 76.9 Å². The molecule has 0 bridgehead atoms. The third kappa shape index (κ3) is 27.0. The van der Waals surface area contributed by atoms with E-state index < -0.39 is 132 Å². The third-order valence-electron chi connectivity index (χ3n) is 17.2. The van der Waals surface area contributed by atoms with Crippen molar-refractivity contribution >= 4 is 82.8 Å². The van der Waals surface area contributed by atoms with Gasteiger partial charge >= 0.3 is 0 Å². The van der Waals surface area contributed by atoms with Gasteiger partial charge in [-0.15, -0.1) is 0 Å². The summed E-state index contributed by atoms with van der Waals surface area (Å²) in [6, 6.07) is -2.85. The van der Waals surface area contributed by atoms with Gasteiger partial charge < -0.3 is 96.7 Å². The summed E-state index contributed by atoms with van der Waals surface area (Å²) in [7, 11) is 0. The largest absolute Gasteiger partial charge is 0.394 e. The summed E-state index contributed by atoms with van der Waals surface area (Å²) in [5, 5.41) is 31.7. The number of benzene rings is 1. The highest BCUT2D eigenvalue weighted by Gasteiger charge is 2.45. The van der Waals surface area contributed by atoms with E-state index in [0.717, 1.165) is 5.56 Å². The number of rotatable bonds is 39. The molecule has 542 valence electrons. The second kappa shape index (κ2) is 40.8. The maximum absolute atomic E-state index is 14.9. The first-order chi connectivity index (χ1) is 45.9. The second-order valence-electron chi connectivity index (χ2n) is 26.6. The quantitative estimate of drug-likeness (QED) is 0.0177. The van der Waals surface area contributed by atoms with Gasteiger partial charge in [0.2, 0.25) is 70.9 Å². The molecule has 0 radical (unpaired) electrons. The molecule has 3 saturated heterocycles. The van der Waals surface area contributed by atoms with Crippen LogP contribution in [0.2, 0.25) is 0 Å². The summed E-state index contributed by atoms with van der Waals surface area (Å²) in [5.41, 5.74) is 34.7. The van der Waals surface area contributed by atoms with Crippen molar-refractivity contribution in [3.8, 4) is 0 Å². The molecule has 0 saturated carbocycles. The van der Waals surface area contributed by atoms with Gasteiger partial charge in [-0.1, -0.05) is 71.9 Å². The lowest BCUT2D eigenvalue weighted by Gasteiger charge is -2.38. The Balaban J connectivity index is 1.48. The smallest absolute Gasteiger partial charge is 0.246 e. The highest BCUT2D eigenvalue weighted by atomic mass is 16.3. The Labute approximate surface area is 568 Å². The molecule has 21 N–H and O–H groups in total. The number of hydrogen-bond acceptors (Lipinski definition) is 16. The van der Waals surface area contributed by atoms with Gasteiger partial charge in [-0.25, -0.2) is 0 Å². The number of carbonyl (C=O) groups excluding carboxylic acids is 12. The van der Waals surface area contributed by atoms with Crippen molar-refractivity contribution in [2.24, 2.45) is 62.1 Å². The first-order valence-corrected chi connectivity index (χ1v) is 34.0. The van der Waals surface area contributed by atoms with Crippen molar-refractivity contribution in [3.63, 3.8) is 0 Å². The van der Waals surface area contributed by atoms with E-state index in [2.05, 4.69) is 52.5 Å². The summed E-state index contributed by atoms with van der Waals surface area (Å²) in [5.74, 6) is -8.48. The van der Waals surface area contributed by atoms with Crippen LogP contribution in [0.15, 0.2) is 40.3 Å². The van der Waals surface area contributed by atoms with Crippen LogP contribution in [0, 0.1) is 17.8 Å². The van der Waals surface area contributed by atoms with Crippen LogP contribution in [-0.2, 0) is 64.0 Å². The number of piperidine rings is 1. The number of carbonyl (C=O) groups is 12. The molecule has 0 aromatic heterocycles. The summed E-state index contributed by atoms with van der Waals surface area (Å²) in [6.45, 7) is 12.1. The summed E-state index contributed by atoms with van der Waals surface area (Å²) < 4.78 is 0. The lowest BCUT2D eigenvalue weighted by molar-refractivity contribution is -0.151. The molecule has 3 heterocycles. The first kappa shape index (κ1) is 80.8. The number of likely N-dealkylation sites (tertiary alicyclic amines) is 3. The molecule has 32 nitrogen and oxygen atoms in total. The first-order valence-electron chi connectivity index (χ1n) is 34.0. The Hall–Kier alpha value is -8.68. The zero-order valence-electron chi connectivity index (χ0n) is 57.5. The van der Waals surface area contributed by atoms with Crippen LogP contribution in [0.25, 0.3) is 0 Å². The molecule has 3 fully saturated rings. The number of amides is 12. The number of aliphatic hydroxyl groups excluding tert-OH is 1. The molecule has 97 heavy (non-hydrogen) atoms. The van der Waals surface area contributed by atoms with Gasteiger partial charge in [-0.3, -0.25) is 67.5 Å². The van der Waals surface area contributed by atoms with Crippen LogP contribution in [0.3, 0.4) is 0 Å². The van der Waals surface area contributed by atoms with Crippen LogP contribution in [-0.4, -0.2) is 215 Å². The lowest BCUT2D eigenvalue weighted by Crippen LogP contribution is -2.60. The van der Waals surface area contributed by atoms with E-state index in [1.165, 1.54) is 21.6 Å². The van der Waals surface area contributed by atoms with E-state index >= 15 is 0 Å². The fourth-order valence-corrected chi connectivity index (χ4v) is 12.0. The monoisotopic (exact) mass is 1360 g/mol.